The van der Waals surface area contributed by atoms with Crippen LogP contribution in [0.15, 0.2) is 77.8 Å². The summed E-state index contributed by atoms with van der Waals surface area (Å²) in [5, 5.41) is 3.25. The van der Waals surface area contributed by atoms with Crippen LogP contribution in [0, 0.1) is 6.92 Å². The van der Waals surface area contributed by atoms with E-state index in [4.69, 9.17) is 16.6 Å². The molecule has 3 amide bonds. The summed E-state index contributed by atoms with van der Waals surface area (Å²) in [5.41, 5.74) is 2.14. The molecular weight excluding hydrogens is 517 g/mol. The number of halogens is 4. The molecule has 0 aromatic heterocycles. The molecule has 0 radical (unpaired) electrons. The molecule has 2 atom stereocenters. The summed E-state index contributed by atoms with van der Waals surface area (Å²) in [6.07, 6.45) is -4.50. The minimum atomic E-state index is -4.50. The second-order valence-corrected chi connectivity index (χ2v) is 9.74. The molecule has 0 spiro atoms. The number of carbonyl (C=O) groups excluding carboxylic acids is 2. The Balaban J connectivity index is 1.66. The van der Waals surface area contributed by atoms with Gasteiger partial charge >= 0.3 is 12.2 Å². The molecule has 0 bridgehead atoms. The van der Waals surface area contributed by atoms with E-state index in [1.807, 2.05) is 43.3 Å². The quantitative estimate of drug-likeness (QED) is 0.459. The lowest BCUT2D eigenvalue weighted by atomic mass is 9.93. The fraction of sp³-hybridized carbons (Fsp3) is 0.250. The van der Waals surface area contributed by atoms with Gasteiger partial charge in [-0.25, -0.2) is 4.79 Å². The molecule has 5 rings (SSSR count). The summed E-state index contributed by atoms with van der Waals surface area (Å²) in [6.45, 7) is 2.42. The zero-order valence-corrected chi connectivity index (χ0v) is 21.1. The van der Waals surface area contributed by atoms with Crippen LogP contribution in [0.3, 0.4) is 0 Å². The molecule has 2 aliphatic heterocycles. The fourth-order valence-corrected chi connectivity index (χ4v) is 4.95. The lowest BCUT2D eigenvalue weighted by Crippen LogP contribution is -2.55. The van der Waals surface area contributed by atoms with Crippen LogP contribution in [0.2, 0.25) is 5.02 Å². The van der Waals surface area contributed by atoms with Gasteiger partial charge in [0.25, 0.3) is 0 Å². The number of aryl methyl sites for hydroxylation is 1. The zero-order chi connectivity index (χ0) is 27.0. The van der Waals surface area contributed by atoms with Crippen molar-refractivity contribution >= 4 is 29.4 Å². The average Bonchev–Trinajstić information content (AvgIpc) is 3.29. The van der Waals surface area contributed by atoms with E-state index in [1.54, 1.807) is 12.1 Å². The lowest BCUT2D eigenvalue weighted by molar-refractivity contribution is -0.137. The maximum absolute atomic E-state index is 14.0. The van der Waals surface area contributed by atoms with Gasteiger partial charge in [0.05, 0.1) is 11.6 Å². The molecule has 6 nitrogen and oxygen atoms in total. The predicted molar refractivity (Wildman–Crippen MR) is 138 cm³/mol. The smallest absolute Gasteiger partial charge is 0.353 e. The summed E-state index contributed by atoms with van der Waals surface area (Å²) >= 11 is 6.13. The number of hydrogen-bond acceptors (Lipinski definition) is 3. The second-order valence-electron chi connectivity index (χ2n) is 9.31. The summed E-state index contributed by atoms with van der Waals surface area (Å²) < 4.78 is 39.8. The van der Waals surface area contributed by atoms with Gasteiger partial charge in [-0.15, -0.1) is 0 Å². The van der Waals surface area contributed by atoms with Crippen molar-refractivity contribution in [2.24, 2.45) is 4.99 Å². The number of aliphatic imine (C=N–C) groups is 1. The number of urea groups is 1. The van der Waals surface area contributed by atoms with E-state index in [2.05, 4.69) is 5.32 Å². The molecule has 196 valence electrons. The number of benzene rings is 3. The number of piperazine rings is 1. The summed E-state index contributed by atoms with van der Waals surface area (Å²) in [4.78, 5) is 34.0. The molecule has 2 unspecified atom stereocenters. The van der Waals surface area contributed by atoms with Crippen LogP contribution in [0.1, 0.15) is 39.9 Å². The van der Waals surface area contributed by atoms with E-state index in [9.17, 15) is 22.8 Å². The van der Waals surface area contributed by atoms with Gasteiger partial charge < -0.3 is 10.2 Å². The van der Waals surface area contributed by atoms with Gasteiger partial charge in [-0.2, -0.15) is 13.2 Å². The van der Waals surface area contributed by atoms with Crippen LogP contribution in [0.5, 0.6) is 0 Å². The van der Waals surface area contributed by atoms with Gasteiger partial charge in [0.1, 0.15) is 18.4 Å². The summed E-state index contributed by atoms with van der Waals surface area (Å²) in [6, 6.07) is 17.8. The van der Waals surface area contributed by atoms with Crippen LogP contribution in [-0.4, -0.2) is 47.2 Å². The topological polar surface area (TPSA) is 65.0 Å². The number of alkyl halides is 3. The van der Waals surface area contributed by atoms with Crippen molar-refractivity contribution in [1.29, 1.82) is 0 Å². The molecule has 1 N–H and O–H groups in total. The highest BCUT2D eigenvalue weighted by Gasteiger charge is 2.44. The van der Waals surface area contributed by atoms with E-state index in [0.717, 1.165) is 28.8 Å². The Morgan fingerprint density at radius 2 is 1.74 bits per heavy atom. The number of rotatable bonds is 3. The molecule has 10 heteroatoms. The van der Waals surface area contributed by atoms with Gasteiger partial charge in [0.15, 0.2) is 0 Å². The average molecular weight is 541 g/mol. The normalized spacial score (nSPS) is 19.8. The number of amidine groups is 1. The van der Waals surface area contributed by atoms with Crippen LogP contribution in [0.4, 0.5) is 18.0 Å². The third-order valence-electron chi connectivity index (χ3n) is 6.65. The van der Waals surface area contributed by atoms with Gasteiger partial charge in [-0.3, -0.25) is 14.7 Å². The van der Waals surface area contributed by atoms with Crippen molar-refractivity contribution in [2.75, 3.05) is 19.6 Å². The predicted octanol–water partition coefficient (Wildman–Crippen LogP) is 5.76. The number of hydrogen-bond donors (Lipinski definition) is 1. The largest absolute Gasteiger partial charge is 0.416 e. The van der Waals surface area contributed by atoms with Crippen molar-refractivity contribution in [3.63, 3.8) is 0 Å². The van der Waals surface area contributed by atoms with E-state index < -0.39 is 29.9 Å². The maximum atomic E-state index is 14.0. The van der Waals surface area contributed by atoms with E-state index in [0.29, 0.717) is 23.7 Å². The molecule has 3 aromatic carbocycles. The summed E-state index contributed by atoms with van der Waals surface area (Å²) in [5.74, 6) is -0.0423. The molecule has 0 aliphatic carbocycles. The molecule has 0 saturated carbocycles. The Morgan fingerprint density at radius 3 is 2.37 bits per heavy atom. The van der Waals surface area contributed by atoms with Crippen LogP contribution >= 0.6 is 11.6 Å². The maximum Gasteiger partial charge on any atom is 0.416 e. The fourth-order valence-electron chi connectivity index (χ4n) is 4.83. The van der Waals surface area contributed by atoms with Gasteiger partial charge in [-0.05, 0) is 42.3 Å². The van der Waals surface area contributed by atoms with Gasteiger partial charge in [0, 0.05) is 23.7 Å². The summed E-state index contributed by atoms with van der Waals surface area (Å²) in [7, 11) is 0. The Bertz CT molecular complexity index is 1390. The third kappa shape index (κ3) is 5.11. The zero-order valence-electron chi connectivity index (χ0n) is 20.4. The van der Waals surface area contributed by atoms with Gasteiger partial charge in [0.2, 0.25) is 5.91 Å². The Hall–Kier alpha value is -3.85. The van der Waals surface area contributed by atoms with Crippen LogP contribution in [0.25, 0.3) is 0 Å². The lowest BCUT2D eigenvalue weighted by Gasteiger charge is -2.35. The highest BCUT2D eigenvalue weighted by molar-refractivity contribution is 6.30. The highest BCUT2D eigenvalue weighted by Crippen LogP contribution is 2.44. The number of nitrogens with one attached hydrogen (secondary N) is 1. The van der Waals surface area contributed by atoms with E-state index in [1.165, 1.54) is 21.9 Å². The van der Waals surface area contributed by atoms with Gasteiger partial charge in [-0.1, -0.05) is 65.7 Å². The molecule has 1 saturated heterocycles. The first-order valence-corrected chi connectivity index (χ1v) is 12.4. The Morgan fingerprint density at radius 1 is 1.03 bits per heavy atom. The minimum Gasteiger partial charge on any atom is -0.353 e. The van der Waals surface area contributed by atoms with Crippen molar-refractivity contribution in [1.82, 2.24) is 15.1 Å². The molecule has 1 fully saturated rings. The molecular formula is C28H24ClF3N4O2. The highest BCUT2D eigenvalue weighted by atomic mass is 35.5. The number of amides is 3. The molecule has 38 heavy (non-hydrogen) atoms. The SMILES string of the molecule is Cc1cccc(C2C(c3ccc(Cl)cc3)N=C(c3ccc(C(F)(F)F)cc3)N2C(=O)N2CCNC(=O)C2)c1. The van der Waals surface area contributed by atoms with E-state index >= 15 is 0 Å². The van der Waals surface area contributed by atoms with Crippen LogP contribution < -0.4 is 5.32 Å². The van der Waals surface area contributed by atoms with Crippen molar-refractivity contribution in [2.45, 2.75) is 25.2 Å². The first kappa shape index (κ1) is 25.8. The molecule has 2 heterocycles. The Labute approximate surface area is 222 Å². The number of carbonyl (C=O) groups is 2. The van der Waals surface area contributed by atoms with Crippen molar-refractivity contribution < 1.29 is 22.8 Å². The first-order valence-electron chi connectivity index (χ1n) is 12.0. The molecule has 3 aromatic rings. The second kappa shape index (κ2) is 10.1. The minimum absolute atomic E-state index is 0.123. The van der Waals surface area contributed by atoms with E-state index in [-0.39, 0.29) is 18.3 Å². The Kier molecular flexibility index (Phi) is 6.88. The van der Waals surface area contributed by atoms with Crippen LogP contribution in [-0.2, 0) is 11.0 Å². The first-order chi connectivity index (χ1) is 18.1. The molecule has 2 aliphatic rings. The van der Waals surface area contributed by atoms with Crippen molar-refractivity contribution in [3.8, 4) is 0 Å². The monoisotopic (exact) mass is 540 g/mol. The standard InChI is InChI=1S/C28H24ClF3N4O2/c1-17-3-2-4-20(15-17)25-24(18-7-11-22(29)12-8-18)34-26(19-5-9-21(10-6-19)28(30,31)32)36(25)27(38)35-14-13-33-23(37)16-35/h2-12,15,24-25H,13-14,16H2,1H3,(H,33,37). The van der Waals surface area contributed by atoms with Crippen molar-refractivity contribution in [3.05, 3.63) is 106 Å². The number of nitrogens with zero attached hydrogens (tertiary/aromatic N) is 3. The third-order valence-corrected chi connectivity index (χ3v) is 6.90.